The molecule has 0 aromatic carbocycles. The van der Waals surface area contributed by atoms with E-state index in [1.165, 1.54) is 6.20 Å². The van der Waals surface area contributed by atoms with E-state index >= 15 is 0 Å². The first-order valence-corrected chi connectivity index (χ1v) is 6.02. The van der Waals surface area contributed by atoms with Crippen molar-refractivity contribution in [1.82, 2.24) is 14.8 Å². The molecule has 0 aliphatic carbocycles. The van der Waals surface area contributed by atoms with Crippen molar-refractivity contribution in [2.75, 3.05) is 5.32 Å². The largest absolute Gasteiger partial charge is 0.318 e. The van der Waals surface area contributed by atoms with Crippen LogP contribution in [0.4, 0.5) is 5.69 Å². The van der Waals surface area contributed by atoms with E-state index < -0.39 is 0 Å². The summed E-state index contributed by atoms with van der Waals surface area (Å²) >= 11 is 5.71. The van der Waals surface area contributed by atoms with Crippen LogP contribution in [0.25, 0.3) is 0 Å². The molecule has 1 amide bonds. The quantitative estimate of drug-likeness (QED) is 0.923. The van der Waals surface area contributed by atoms with E-state index in [2.05, 4.69) is 22.3 Å². The Labute approximate surface area is 110 Å². The molecule has 0 aliphatic rings. The molecule has 0 aliphatic heterocycles. The van der Waals surface area contributed by atoms with Crippen molar-refractivity contribution in [1.29, 1.82) is 0 Å². The van der Waals surface area contributed by atoms with Crippen LogP contribution in [-0.2, 0) is 6.54 Å². The van der Waals surface area contributed by atoms with Gasteiger partial charge in [0.05, 0.1) is 16.9 Å². The number of nitrogens with zero attached hydrogens (tertiary/aromatic N) is 3. The number of amides is 1. The molecule has 2 aromatic rings. The highest BCUT2D eigenvalue weighted by molar-refractivity contribution is 6.30. The Hall–Kier alpha value is -1.88. The molecule has 0 radical (unpaired) electrons. The number of hydrogen-bond donors (Lipinski definition) is 1. The fourth-order valence-electron chi connectivity index (χ4n) is 1.48. The van der Waals surface area contributed by atoms with Gasteiger partial charge in [-0.1, -0.05) is 18.5 Å². The summed E-state index contributed by atoms with van der Waals surface area (Å²) in [7, 11) is 0. The number of halogens is 1. The van der Waals surface area contributed by atoms with Crippen molar-refractivity contribution < 1.29 is 4.79 Å². The van der Waals surface area contributed by atoms with E-state index in [1.54, 1.807) is 29.2 Å². The molecule has 0 saturated carbocycles. The molecule has 0 bridgehead atoms. The van der Waals surface area contributed by atoms with Crippen LogP contribution in [0.15, 0.2) is 30.7 Å². The molecule has 0 fully saturated rings. The topological polar surface area (TPSA) is 59.8 Å². The van der Waals surface area contributed by atoms with Crippen LogP contribution in [0.2, 0.25) is 5.02 Å². The highest BCUT2D eigenvalue weighted by Gasteiger charge is 2.08. The second-order valence-corrected chi connectivity index (χ2v) is 4.24. The maximum Gasteiger partial charge on any atom is 0.274 e. The van der Waals surface area contributed by atoms with Gasteiger partial charge in [0.15, 0.2) is 0 Å². The maximum absolute atomic E-state index is 11.8. The number of nitrogens with one attached hydrogen (secondary N) is 1. The Bertz CT molecular complexity index is 535. The Morgan fingerprint density at radius 1 is 1.44 bits per heavy atom. The summed E-state index contributed by atoms with van der Waals surface area (Å²) in [6.45, 7) is 2.90. The first-order chi connectivity index (χ1) is 8.69. The molecular weight excluding hydrogens is 252 g/mol. The molecule has 0 atom stereocenters. The van der Waals surface area contributed by atoms with Gasteiger partial charge in [-0.3, -0.25) is 9.48 Å². The highest BCUT2D eigenvalue weighted by Crippen LogP contribution is 2.10. The first-order valence-electron chi connectivity index (χ1n) is 5.64. The van der Waals surface area contributed by atoms with Gasteiger partial charge in [0.25, 0.3) is 5.91 Å². The van der Waals surface area contributed by atoms with Crippen LogP contribution in [0.1, 0.15) is 23.8 Å². The molecule has 0 saturated heterocycles. The van der Waals surface area contributed by atoms with Crippen LogP contribution in [-0.4, -0.2) is 20.7 Å². The maximum atomic E-state index is 11.8. The lowest BCUT2D eigenvalue weighted by Crippen LogP contribution is -2.12. The SMILES string of the molecule is CCCn1cc(NC(=O)c2ccc(Cl)cn2)cn1. The van der Waals surface area contributed by atoms with Gasteiger partial charge in [-0.2, -0.15) is 5.10 Å². The monoisotopic (exact) mass is 264 g/mol. The van der Waals surface area contributed by atoms with Crippen molar-refractivity contribution in [3.63, 3.8) is 0 Å². The molecule has 2 aromatic heterocycles. The summed E-state index contributed by atoms with van der Waals surface area (Å²) in [5, 5.41) is 7.36. The van der Waals surface area contributed by atoms with E-state index in [0.717, 1.165) is 13.0 Å². The van der Waals surface area contributed by atoms with Crippen molar-refractivity contribution in [2.24, 2.45) is 0 Å². The van der Waals surface area contributed by atoms with Gasteiger partial charge < -0.3 is 5.32 Å². The average molecular weight is 265 g/mol. The third kappa shape index (κ3) is 3.07. The fraction of sp³-hybridized carbons (Fsp3) is 0.250. The number of anilines is 1. The molecule has 1 N–H and O–H groups in total. The molecule has 18 heavy (non-hydrogen) atoms. The number of carbonyl (C=O) groups excluding carboxylic acids is 1. The van der Waals surface area contributed by atoms with Crippen molar-refractivity contribution in [2.45, 2.75) is 19.9 Å². The number of carbonyl (C=O) groups is 1. The molecular formula is C12H13ClN4O. The molecule has 2 heterocycles. The van der Waals surface area contributed by atoms with Gasteiger partial charge in [-0.15, -0.1) is 0 Å². The predicted octanol–water partition coefficient (Wildman–Crippen LogP) is 2.59. The molecule has 5 nitrogen and oxygen atoms in total. The highest BCUT2D eigenvalue weighted by atomic mass is 35.5. The summed E-state index contributed by atoms with van der Waals surface area (Å²) in [6, 6.07) is 3.21. The minimum atomic E-state index is -0.275. The van der Waals surface area contributed by atoms with Crippen molar-refractivity contribution >= 4 is 23.2 Å². The molecule has 0 spiro atoms. The zero-order valence-corrected chi connectivity index (χ0v) is 10.7. The summed E-state index contributed by atoms with van der Waals surface area (Å²) in [5.41, 5.74) is 0.979. The Morgan fingerprint density at radius 3 is 2.94 bits per heavy atom. The lowest BCUT2D eigenvalue weighted by molar-refractivity contribution is 0.102. The number of aromatic nitrogens is 3. The van der Waals surface area contributed by atoms with Crippen molar-refractivity contribution in [3.8, 4) is 0 Å². The molecule has 6 heteroatoms. The van der Waals surface area contributed by atoms with Gasteiger partial charge >= 0.3 is 0 Å². The fourth-order valence-corrected chi connectivity index (χ4v) is 1.60. The smallest absolute Gasteiger partial charge is 0.274 e. The predicted molar refractivity (Wildman–Crippen MR) is 69.7 cm³/mol. The second-order valence-electron chi connectivity index (χ2n) is 3.81. The molecule has 2 rings (SSSR count). The summed E-state index contributed by atoms with van der Waals surface area (Å²) in [5.74, 6) is -0.275. The van der Waals surface area contributed by atoms with Crippen LogP contribution in [0.5, 0.6) is 0 Å². The summed E-state index contributed by atoms with van der Waals surface area (Å²) in [6.07, 6.45) is 5.84. The third-order valence-electron chi connectivity index (χ3n) is 2.30. The zero-order chi connectivity index (χ0) is 13.0. The normalized spacial score (nSPS) is 10.3. The van der Waals surface area contributed by atoms with Crippen LogP contribution in [0, 0.1) is 0 Å². The summed E-state index contributed by atoms with van der Waals surface area (Å²) in [4.78, 5) is 15.8. The van der Waals surface area contributed by atoms with Gasteiger partial charge in [-0.05, 0) is 18.6 Å². The Balaban J connectivity index is 2.04. The van der Waals surface area contributed by atoms with Crippen LogP contribution < -0.4 is 5.32 Å². The van der Waals surface area contributed by atoms with Crippen LogP contribution in [0.3, 0.4) is 0 Å². The van der Waals surface area contributed by atoms with Crippen molar-refractivity contribution in [3.05, 3.63) is 41.4 Å². The number of aryl methyl sites for hydroxylation is 1. The van der Waals surface area contributed by atoms with Gasteiger partial charge in [0.2, 0.25) is 0 Å². The van der Waals surface area contributed by atoms with E-state index in [1.807, 2.05) is 0 Å². The minimum Gasteiger partial charge on any atom is -0.318 e. The Kier molecular flexibility index (Phi) is 3.94. The lowest BCUT2D eigenvalue weighted by atomic mass is 10.3. The number of rotatable bonds is 4. The average Bonchev–Trinajstić information content (AvgIpc) is 2.78. The Morgan fingerprint density at radius 2 is 2.28 bits per heavy atom. The zero-order valence-electron chi connectivity index (χ0n) is 9.93. The standard InChI is InChI=1S/C12H13ClN4O/c1-2-5-17-8-10(7-15-17)16-12(18)11-4-3-9(13)6-14-11/h3-4,6-8H,2,5H2,1H3,(H,16,18). The summed E-state index contributed by atoms with van der Waals surface area (Å²) < 4.78 is 1.78. The number of hydrogen-bond acceptors (Lipinski definition) is 3. The third-order valence-corrected chi connectivity index (χ3v) is 2.53. The minimum absolute atomic E-state index is 0.275. The second kappa shape index (κ2) is 5.64. The van der Waals surface area contributed by atoms with E-state index in [0.29, 0.717) is 16.4 Å². The lowest BCUT2D eigenvalue weighted by Gasteiger charge is -2.01. The van der Waals surface area contributed by atoms with E-state index in [-0.39, 0.29) is 5.91 Å². The van der Waals surface area contributed by atoms with Gasteiger partial charge in [0, 0.05) is 18.9 Å². The first kappa shape index (κ1) is 12.6. The van der Waals surface area contributed by atoms with Gasteiger partial charge in [-0.25, -0.2) is 4.98 Å². The van der Waals surface area contributed by atoms with E-state index in [4.69, 9.17) is 11.6 Å². The van der Waals surface area contributed by atoms with Crippen LogP contribution >= 0.6 is 11.6 Å². The molecule has 0 unspecified atom stereocenters. The number of pyridine rings is 1. The molecule has 94 valence electrons. The van der Waals surface area contributed by atoms with Gasteiger partial charge in [0.1, 0.15) is 5.69 Å². The van der Waals surface area contributed by atoms with E-state index in [9.17, 15) is 4.79 Å².